The van der Waals surface area contributed by atoms with Crippen molar-refractivity contribution in [2.45, 2.75) is 32.8 Å². The number of fused-ring (bicyclic) bond motifs is 1. The number of hydrogen-bond donors (Lipinski definition) is 1. The zero-order chi connectivity index (χ0) is 21.0. The summed E-state index contributed by atoms with van der Waals surface area (Å²) >= 11 is 0. The number of likely N-dealkylation sites (N-methyl/N-ethyl adjacent to an activating group) is 1. The van der Waals surface area contributed by atoms with Crippen LogP contribution in [0.4, 0.5) is 11.4 Å². The van der Waals surface area contributed by atoms with Gasteiger partial charge in [0, 0.05) is 25.5 Å². The first-order valence-corrected chi connectivity index (χ1v) is 9.54. The second-order valence-electron chi connectivity index (χ2n) is 6.74. The topological polar surface area (TPSA) is 84.9 Å². The van der Waals surface area contributed by atoms with Crippen molar-refractivity contribution in [1.82, 2.24) is 0 Å². The highest BCUT2D eigenvalue weighted by atomic mass is 16.5. The lowest BCUT2D eigenvalue weighted by Crippen LogP contribution is -2.42. The predicted molar refractivity (Wildman–Crippen MR) is 110 cm³/mol. The highest BCUT2D eigenvalue weighted by Crippen LogP contribution is 2.34. The molecule has 2 amide bonds. The van der Waals surface area contributed by atoms with E-state index >= 15 is 0 Å². The molecule has 1 aliphatic heterocycles. The Labute approximate surface area is 169 Å². The molecule has 0 saturated heterocycles. The maximum absolute atomic E-state index is 12.6. The Kier molecular flexibility index (Phi) is 6.16. The number of anilines is 2. The molecule has 1 heterocycles. The Morgan fingerprint density at radius 2 is 1.93 bits per heavy atom. The average Bonchev–Trinajstić information content (AvgIpc) is 2.72. The minimum atomic E-state index is -0.558. The summed E-state index contributed by atoms with van der Waals surface area (Å²) < 4.78 is 11.1. The van der Waals surface area contributed by atoms with Gasteiger partial charge in [0.1, 0.15) is 11.5 Å². The zero-order valence-electron chi connectivity index (χ0n) is 16.7. The first-order valence-electron chi connectivity index (χ1n) is 9.54. The van der Waals surface area contributed by atoms with E-state index in [1.54, 1.807) is 50.4 Å². The van der Waals surface area contributed by atoms with E-state index in [9.17, 15) is 14.4 Å². The maximum atomic E-state index is 12.6. The SMILES string of the molecule is CCOc1ccccc1NC(=O)CCC(=O)c1ccc2c(c1)N(C)C(=O)C(C)O2. The number of hydrogen-bond acceptors (Lipinski definition) is 5. The van der Waals surface area contributed by atoms with Gasteiger partial charge in [-0.05, 0) is 44.2 Å². The summed E-state index contributed by atoms with van der Waals surface area (Å²) in [5.74, 6) is 0.524. The van der Waals surface area contributed by atoms with Crippen molar-refractivity contribution in [3.8, 4) is 11.5 Å². The van der Waals surface area contributed by atoms with Crippen LogP contribution in [0, 0.1) is 0 Å². The molecular weight excluding hydrogens is 372 g/mol. The Bertz CT molecular complexity index is 941. The number of carbonyl (C=O) groups is 3. The summed E-state index contributed by atoms with van der Waals surface area (Å²) in [7, 11) is 1.65. The lowest BCUT2D eigenvalue weighted by atomic mass is 10.0. The summed E-state index contributed by atoms with van der Waals surface area (Å²) in [6.07, 6.45) is -0.466. The average molecular weight is 396 g/mol. The molecule has 1 unspecified atom stereocenters. The van der Waals surface area contributed by atoms with Crippen molar-refractivity contribution in [2.24, 2.45) is 0 Å². The number of para-hydroxylation sites is 2. The quantitative estimate of drug-likeness (QED) is 0.725. The van der Waals surface area contributed by atoms with E-state index in [1.807, 2.05) is 13.0 Å². The van der Waals surface area contributed by atoms with Crippen molar-refractivity contribution in [3.05, 3.63) is 48.0 Å². The van der Waals surface area contributed by atoms with Crippen LogP contribution < -0.4 is 19.7 Å². The van der Waals surface area contributed by atoms with E-state index in [1.165, 1.54) is 4.90 Å². The fourth-order valence-electron chi connectivity index (χ4n) is 3.12. The molecule has 152 valence electrons. The van der Waals surface area contributed by atoms with Crippen LogP contribution in [0.3, 0.4) is 0 Å². The van der Waals surface area contributed by atoms with E-state index in [0.29, 0.717) is 35.0 Å². The monoisotopic (exact) mass is 396 g/mol. The van der Waals surface area contributed by atoms with Gasteiger partial charge in [-0.15, -0.1) is 0 Å². The number of Topliss-reactive ketones (excluding diaryl/α,β-unsaturated/α-hetero) is 1. The summed E-state index contributed by atoms with van der Waals surface area (Å²) in [6, 6.07) is 12.1. The minimum absolute atomic E-state index is 0.0404. The van der Waals surface area contributed by atoms with Gasteiger partial charge in [0.2, 0.25) is 5.91 Å². The molecule has 1 N–H and O–H groups in total. The van der Waals surface area contributed by atoms with Gasteiger partial charge in [0.05, 0.1) is 18.0 Å². The van der Waals surface area contributed by atoms with Crippen molar-refractivity contribution in [1.29, 1.82) is 0 Å². The molecule has 0 fully saturated rings. The third-order valence-electron chi connectivity index (χ3n) is 4.66. The van der Waals surface area contributed by atoms with Crippen LogP contribution >= 0.6 is 0 Å². The number of ether oxygens (including phenoxy) is 2. The third-order valence-corrected chi connectivity index (χ3v) is 4.66. The van der Waals surface area contributed by atoms with Crippen LogP contribution in [0.5, 0.6) is 11.5 Å². The summed E-state index contributed by atoms with van der Waals surface area (Å²) in [6.45, 7) is 4.04. The van der Waals surface area contributed by atoms with E-state index in [0.717, 1.165) is 0 Å². The molecule has 29 heavy (non-hydrogen) atoms. The van der Waals surface area contributed by atoms with Crippen molar-refractivity contribution in [2.75, 3.05) is 23.9 Å². The third kappa shape index (κ3) is 4.56. The van der Waals surface area contributed by atoms with E-state index in [2.05, 4.69) is 5.32 Å². The van der Waals surface area contributed by atoms with Crippen LogP contribution in [0.2, 0.25) is 0 Å². The van der Waals surface area contributed by atoms with Gasteiger partial charge in [-0.25, -0.2) is 0 Å². The van der Waals surface area contributed by atoms with E-state index in [-0.39, 0.29) is 30.4 Å². The van der Waals surface area contributed by atoms with Gasteiger partial charge < -0.3 is 19.7 Å². The summed E-state index contributed by atoms with van der Waals surface area (Å²) in [5.41, 5.74) is 1.56. The lowest BCUT2D eigenvalue weighted by Gasteiger charge is -2.30. The second kappa shape index (κ2) is 8.77. The fraction of sp³-hybridized carbons (Fsp3) is 0.318. The molecule has 0 saturated carbocycles. The van der Waals surface area contributed by atoms with Crippen LogP contribution in [0.25, 0.3) is 0 Å². The van der Waals surface area contributed by atoms with Gasteiger partial charge in [-0.3, -0.25) is 14.4 Å². The van der Waals surface area contributed by atoms with Crippen molar-refractivity contribution < 1.29 is 23.9 Å². The number of carbonyl (C=O) groups excluding carboxylic acids is 3. The van der Waals surface area contributed by atoms with Gasteiger partial charge in [0.15, 0.2) is 11.9 Å². The van der Waals surface area contributed by atoms with Gasteiger partial charge in [-0.2, -0.15) is 0 Å². The molecule has 0 bridgehead atoms. The normalized spacial score (nSPS) is 15.3. The number of nitrogens with one attached hydrogen (secondary N) is 1. The molecule has 0 spiro atoms. The van der Waals surface area contributed by atoms with Crippen LogP contribution in [0.15, 0.2) is 42.5 Å². The Morgan fingerprint density at radius 3 is 2.69 bits per heavy atom. The van der Waals surface area contributed by atoms with Gasteiger partial charge in [-0.1, -0.05) is 12.1 Å². The van der Waals surface area contributed by atoms with Crippen LogP contribution in [-0.2, 0) is 9.59 Å². The standard InChI is InChI=1S/C22H24N2O5/c1-4-28-19-8-6-5-7-16(19)23-21(26)12-10-18(25)15-9-11-20-17(13-15)24(3)22(27)14(2)29-20/h5-9,11,13-14H,4,10,12H2,1-3H3,(H,23,26). The Morgan fingerprint density at radius 1 is 1.17 bits per heavy atom. The first kappa shape index (κ1) is 20.4. The molecule has 2 aromatic rings. The molecule has 7 nitrogen and oxygen atoms in total. The maximum Gasteiger partial charge on any atom is 0.267 e. The smallest absolute Gasteiger partial charge is 0.267 e. The minimum Gasteiger partial charge on any atom is -0.492 e. The van der Waals surface area contributed by atoms with Crippen molar-refractivity contribution >= 4 is 29.0 Å². The van der Waals surface area contributed by atoms with E-state index < -0.39 is 6.10 Å². The largest absolute Gasteiger partial charge is 0.492 e. The van der Waals surface area contributed by atoms with Crippen LogP contribution in [0.1, 0.15) is 37.0 Å². The first-order chi connectivity index (χ1) is 13.9. The van der Waals surface area contributed by atoms with Gasteiger partial charge >= 0.3 is 0 Å². The fourth-order valence-corrected chi connectivity index (χ4v) is 3.12. The highest BCUT2D eigenvalue weighted by Gasteiger charge is 2.29. The molecular formula is C22H24N2O5. The number of ketones is 1. The molecule has 1 aliphatic rings. The second-order valence-corrected chi connectivity index (χ2v) is 6.74. The molecule has 0 aliphatic carbocycles. The molecule has 3 rings (SSSR count). The number of nitrogens with zero attached hydrogens (tertiary/aromatic N) is 1. The molecule has 0 aromatic heterocycles. The molecule has 7 heteroatoms. The number of rotatable bonds is 7. The number of benzene rings is 2. The summed E-state index contributed by atoms with van der Waals surface area (Å²) in [4.78, 5) is 38.4. The predicted octanol–water partition coefficient (Wildman–Crippen LogP) is 3.43. The van der Waals surface area contributed by atoms with Crippen molar-refractivity contribution in [3.63, 3.8) is 0 Å². The molecule has 0 radical (unpaired) electrons. The Balaban J connectivity index is 1.63. The Hall–Kier alpha value is -3.35. The number of amides is 2. The van der Waals surface area contributed by atoms with Gasteiger partial charge in [0.25, 0.3) is 5.91 Å². The van der Waals surface area contributed by atoms with E-state index in [4.69, 9.17) is 9.47 Å². The molecule has 2 aromatic carbocycles. The zero-order valence-corrected chi connectivity index (χ0v) is 16.7. The molecule has 1 atom stereocenters. The van der Waals surface area contributed by atoms with Crippen LogP contribution in [-0.4, -0.2) is 37.4 Å². The lowest BCUT2D eigenvalue weighted by molar-refractivity contribution is -0.125. The highest BCUT2D eigenvalue weighted by molar-refractivity contribution is 6.04. The summed E-state index contributed by atoms with van der Waals surface area (Å²) in [5, 5.41) is 2.78.